The fourth-order valence-electron chi connectivity index (χ4n) is 4.85. The number of pyridine rings is 2. The number of fused-ring (bicyclic) bond motifs is 1. The molecule has 37 heavy (non-hydrogen) atoms. The van der Waals surface area contributed by atoms with Crippen LogP contribution in [0.25, 0.3) is 11.0 Å². The summed E-state index contributed by atoms with van der Waals surface area (Å²) in [7, 11) is 1.64. The third-order valence-corrected chi connectivity index (χ3v) is 6.72. The summed E-state index contributed by atoms with van der Waals surface area (Å²) >= 11 is 0. The van der Waals surface area contributed by atoms with E-state index in [2.05, 4.69) is 10.3 Å². The van der Waals surface area contributed by atoms with E-state index in [0.29, 0.717) is 35.4 Å². The third-order valence-electron chi connectivity index (χ3n) is 6.72. The first-order valence-electron chi connectivity index (χ1n) is 11.8. The average molecular weight is 513 g/mol. The molecular weight excluding hydrogens is 485 g/mol. The minimum atomic E-state index is -2.70. The summed E-state index contributed by atoms with van der Waals surface area (Å²) in [5.74, 6) is -1.07. The minimum Gasteiger partial charge on any atom is -0.364 e. The molecule has 194 valence electrons. The average Bonchev–Trinajstić information content (AvgIpc) is 2.87. The molecule has 1 aliphatic heterocycles. The van der Waals surface area contributed by atoms with Gasteiger partial charge in [-0.05, 0) is 43.7 Å². The molecule has 3 atom stereocenters. The predicted octanol–water partition coefficient (Wildman–Crippen LogP) is 2.97. The number of aromatic nitrogens is 2. The number of nitrogens with zero attached hydrogens (tertiary/aromatic N) is 5. The quantitative estimate of drug-likeness (QED) is 0.546. The third kappa shape index (κ3) is 5.29. The SMILES string of the molecule is C[C@@H]1CN(c2cc(=O)n(C)c3ccc(C#N)nc23)[C@@H](C)CN1C(C(=O)NCC(F)F)c1ccc(F)cc1. The summed E-state index contributed by atoms with van der Waals surface area (Å²) in [5, 5.41) is 11.7. The molecule has 1 N–H and O–H groups in total. The molecule has 0 saturated carbocycles. The number of hydrogen-bond donors (Lipinski definition) is 1. The van der Waals surface area contributed by atoms with Crippen LogP contribution < -0.4 is 15.8 Å². The molecule has 2 aromatic heterocycles. The number of aryl methyl sites for hydroxylation is 1. The fraction of sp³-hybridized carbons (Fsp3) is 0.385. The van der Waals surface area contributed by atoms with Gasteiger partial charge in [-0.25, -0.2) is 18.2 Å². The van der Waals surface area contributed by atoms with Crippen LogP contribution in [0.2, 0.25) is 0 Å². The van der Waals surface area contributed by atoms with Gasteiger partial charge in [-0.3, -0.25) is 14.5 Å². The van der Waals surface area contributed by atoms with Gasteiger partial charge in [-0.15, -0.1) is 0 Å². The van der Waals surface area contributed by atoms with Crippen molar-refractivity contribution in [3.05, 3.63) is 69.9 Å². The summed E-state index contributed by atoms with van der Waals surface area (Å²) in [5.41, 5.74) is 2.15. The number of alkyl halides is 2. The Morgan fingerprint density at radius 1 is 1.16 bits per heavy atom. The first kappa shape index (κ1) is 26.2. The monoisotopic (exact) mass is 512 g/mol. The Balaban J connectivity index is 1.71. The molecule has 0 aliphatic carbocycles. The van der Waals surface area contributed by atoms with Gasteiger partial charge in [0.05, 0.1) is 17.7 Å². The van der Waals surface area contributed by atoms with Crippen molar-refractivity contribution in [2.45, 2.75) is 38.4 Å². The zero-order valence-corrected chi connectivity index (χ0v) is 20.7. The van der Waals surface area contributed by atoms with Crippen LogP contribution in [0.1, 0.15) is 31.1 Å². The number of nitrogens with one attached hydrogen (secondary N) is 1. The summed E-state index contributed by atoms with van der Waals surface area (Å²) in [4.78, 5) is 34.2. The van der Waals surface area contributed by atoms with Crippen molar-refractivity contribution in [3.63, 3.8) is 0 Å². The first-order chi connectivity index (χ1) is 17.6. The van der Waals surface area contributed by atoms with Crippen LogP contribution in [0, 0.1) is 17.1 Å². The first-order valence-corrected chi connectivity index (χ1v) is 11.8. The standard InChI is InChI=1S/C26H27F3N6O2/c1-15-14-35(25(26(37)31-12-22(28)29)17-4-6-18(27)7-5-17)16(2)13-34(15)21-10-23(36)33(3)20-9-8-19(11-30)32-24(20)21/h4-10,15-16,22,25H,12-14H2,1-3H3,(H,31,37)/t15-,16+,25?/m0/s1. The van der Waals surface area contributed by atoms with Gasteiger partial charge in [0.1, 0.15) is 29.1 Å². The van der Waals surface area contributed by atoms with E-state index in [1.54, 1.807) is 19.2 Å². The Morgan fingerprint density at radius 2 is 1.86 bits per heavy atom. The van der Waals surface area contributed by atoms with E-state index < -0.39 is 30.7 Å². The number of amides is 1. The smallest absolute Gasteiger partial charge is 0.255 e. The molecule has 4 rings (SSSR count). The van der Waals surface area contributed by atoms with Gasteiger partial charge in [-0.2, -0.15) is 5.26 Å². The second kappa shape index (κ2) is 10.6. The number of halogens is 3. The molecule has 3 heterocycles. The fourth-order valence-corrected chi connectivity index (χ4v) is 4.85. The van der Waals surface area contributed by atoms with Crippen LogP contribution in [0.15, 0.2) is 47.3 Å². The molecule has 1 saturated heterocycles. The summed E-state index contributed by atoms with van der Waals surface area (Å²) in [6.07, 6.45) is -2.70. The van der Waals surface area contributed by atoms with Gasteiger partial charge < -0.3 is 14.8 Å². The maximum absolute atomic E-state index is 13.6. The van der Waals surface area contributed by atoms with Crippen LogP contribution in [0.5, 0.6) is 0 Å². The zero-order chi connectivity index (χ0) is 26.9. The molecule has 1 aromatic carbocycles. The van der Waals surface area contributed by atoms with E-state index in [0.717, 1.165) is 0 Å². The maximum atomic E-state index is 13.6. The number of anilines is 1. The second-order valence-corrected chi connectivity index (χ2v) is 9.24. The van der Waals surface area contributed by atoms with Gasteiger partial charge in [0.15, 0.2) is 0 Å². The second-order valence-electron chi connectivity index (χ2n) is 9.24. The minimum absolute atomic E-state index is 0.218. The number of benzene rings is 1. The molecule has 0 spiro atoms. The van der Waals surface area contributed by atoms with Crippen LogP contribution in [-0.2, 0) is 11.8 Å². The van der Waals surface area contributed by atoms with Crippen LogP contribution in [-0.4, -0.2) is 58.5 Å². The summed E-state index contributed by atoms with van der Waals surface area (Å²) < 4.78 is 40.7. The lowest BCUT2D eigenvalue weighted by molar-refractivity contribution is -0.128. The predicted molar refractivity (Wildman–Crippen MR) is 133 cm³/mol. The number of hydrogen-bond acceptors (Lipinski definition) is 6. The maximum Gasteiger partial charge on any atom is 0.255 e. The Bertz CT molecular complexity index is 1400. The number of carbonyl (C=O) groups excluding carboxylic acids is 1. The highest BCUT2D eigenvalue weighted by atomic mass is 19.3. The van der Waals surface area contributed by atoms with E-state index in [-0.39, 0.29) is 23.3 Å². The largest absolute Gasteiger partial charge is 0.364 e. The van der Waals surface area contributed by atoms with E-state index in [1.807, 2.05) is 29.7 Å². The van der Waals surface area contributed by atoms with Crippen molar-refractivity contribution in [2.75, 3.05) is 24.5 Å². The van der Waals surface area contributed by atoms with Gasteiger partial charge in [-0.1, -0.05) is 12.1 Å². The molecule has 0 bridgehead atoms. The molecule has 1 fully saturated rings. The number of piperazine rings is 1. The van der Waals surface area contributed by atoms with Crippen molar-refractivity contribution in [3.8, 4) is 6.07 Å². The number of rotatable bonds is 6. The molecule has 1 amide bonds. The Hall–Kier alpha value is -3.91. The molecule has 1 unspecified atom stereocenters. The number of nitriles is 1. The van der Waals surface area contributed by atoms with Crippen molar-refractivity contribution in [2.24, 2.45) is 7.05 Å². The lowest BCUT2D eigenvalue weighted by Gasteiger charge is -2.48. The van der Waals surface area contributed by atoms with E-state index >= 15 is 0 Å². The van der Waals surface area contributed by atoms with Crippen LogP contribution in [0.4, 0.5) is 18.9 Å². The Labute approximate surface area is 211 Å². The van der Waals surface area contributed by atoms with Crippen molar-refractivity contribution < 1.29 is 18.0 Å². The Kier molecular flexibility index (Phi) is 7.50. The van der Waals surface area contributed by atoms with Crippen LogP contribution in [0.3, 0.4) is 0 Å². The molecule has 11 heteroatoms. The van der Waals surface area contributed by atoms with Crippen molar-refractivity contribution in [1.82, 2.24) is 19.8 Å². The Morgan fingerprint density at radius 3 is 2.51 bits per heavy atom. The van der Waals surface area contributed by atoms with Crippen molar-refractivity contribution in [1.29, 1.82) is 5.26 Å². The van der Waals surface area contributed by atoms with E-state index in [9.17, 15) is 28.0 Å². The lowest BCUT2D eigenvalue weighted by Crippen LogP contribution is -2.59. The highest BCUT2D eigenvalue weighted by Gasteiger charge is 2.38. The van der Waals surface area contributed by atoms with Crippen molar-refractivity contribution >= 4 is 22.6 Å². The van der Waals surface area contributed by atoms with Gasteiger partial charge in [0.25, 0.3) is 12.0 Å². The highest BCUT2D eigenvalue weighted by Crippen LogP contribution is 2.33. The van der Waals surface area contributed by atoms with Gasteiger partial charge in [0, 0.05) is 38.3 Å². The zero-order valence-electron chi connectivity index (χ0n) is 20.7. The van der Waals surface area contributed by atoms with E-state index in [4.69, 9.17) is 0 Å². The molecule has 3 aromatic rings. The summed E-state index contributed by atoms with van der Waals surface area (Å²) in [6, 6.07) is 10.8. The van der Waals surface area contributed by atoms with Gasteiger partial charge >= 0.3 is 0 Å². The molecular formula is C26H27F3N6O2. The summed E-state index contributed by atoms with van der Waals surface area (Å²) in [6.45, 7) is 3.77. The highest BCUT2D eigenvalue weighted by molar-refractivity contribution is 5.89. The van der Waals surface area contributed by atoms with E-state index in [1.165, 1.54) is 34.9 Å². The molecule has 1 aliphatic rings. The number of carbonyl (C=O) groups is 1. The molecule has 0 radical (unpaired) electrons. The van der Waals surface area contributed by atoms with Gasteiger partial charge in [0.2, 0.25) is 5.91 Å². The topological polar surface area (TPSA) is 94.3 Å². The normalized spacial score (nSPS) is 19.1. The lowest BCUT2D eigenvalue weighted by atomic mass is 9.98. The van der Waals surface area contributed by atoms with Crippen LogP contribution >= 0.6 is 0 Å². The molecule has 8 nitrogen and oxygen atoms in total.